The normalized spacial score (nSPS) is 13.4. The Bertz CT molecular complexity index is 1080. The Morgan fingerprint density at radius 3 is 2.12 bits per heavy atom. The van der Waals surface area contributed by atoms with E-state index in [1.165, 1.54) is 0 Å². The molecule has 0 bridgehead atoms. The monoisotopic (exact) mass is 483 g/mol. The van der Waals surface area contributed by atoms with Gasteiger partial charge in [-0.05, 0) is 66.9 Å². The van der Waals surface area contributed by atoms with Crippen LogP contribution < -0.4 is 10.6 Å². The summed E-state index contributed by atoms with van der Waals surface area (Å²) in [4.78, 5) is 4.81. The predicted octanol–water partition coefficient (Wildman–Crippen LogP) is 6.67. The van der Waals surface area contributed by atoms with Crippen molar-refractivity contribution in [2.45, 2.75) is 51.6 Å². The van der Waals surface area contributed by atoms with Gasteiger partial charge < -0.3 is 10.6 Å². The van der Waals surface area contributed by atoms with Crippen molar-refractivity contribution < 1.29 is 26.3 Å². The van der Waals surface area contributed by atoms with Crippen LogP contribution in [0.25, 0.3) is 10.9 Å². The summed E-state index contributed by atoms with van der Waals surface area (Å²) in [7, 11) is 0. The molecule has 0 saturated carbocycles. The van der Waals surface area contributed by atoms with Crippen molar-refractivity contribution in [1.29, 1.82) is 0 Å². The summed E-state index contributed by atoms with van der Waals surface area (Å²) in [5.74, 6) is 0.117. The van der Waals surface area contributed by atoms with Gasteiger partial charge in [0, 0.05) is 24.2 Å². The molecule has 2 N–H and O–H groups in total. The molecule has 0 aliphatic rings. The molecule has 3 rings (SSSR count). The molecule has 184 valence electrons. The van der Waals surface area contributed by atoms with E-state index >= 15 is 0 Å². The van der Waals surface area contributed by atoms with E-state index in [1.807, 2.05) is 37.3 Å². The summed E-state index contributed by atoms with van der Waals surface area (Å²) in [6, 6.07) is 11.2. The van der Waals surface area contributed by atoms with Crippen molar-refractivity contribution >= 4 is 10.9 Å². The molecule has 1 aromatic heterocycles. The molecule has 0 spiro atoms. The second kappa shape index (κ2) is 10.7. The maximum absolute atomic E-state index is 13.1. The van der Waals surface area contributed by atoms with Crippen molar-refractivity contribution in [2.24, 2.45) is 0 Å². The van der Waals surface area contributed by atoms with Gasteiger partial charge in [-0.25, -0.2) is 0 Å². The third kappa shape index (κ3) is 6.70. The smallest absolute Gasteiger partial charge is 0.317 e. The lowest BCUT2D eigenvalue weighted by molar-refractivity contribution is -0.143. The fourth-order valence-corrected chi connectivity index (χ4v) is 3.84. The number of aromatic nitrogens is 1. The third-order valence-corrected chi connectivity index (χ3v) is 5.60. The molecule has 0 aliphatic carbocycles. The van der Waals surface area contributed by atoms with Gasteiger partial charge in [0.25, 0.3) is 0 Å². The summed E-state index contributed by atoms with van der Waals surface area (Å²) in [6.07, 6.45) is -8.89. The second-order valence-corrected chi connectivity index (χ2v) is 8.29. The molecule has 0 amide bonds. The van der Waals surface area contributed by atoms with Gasteiger partial charge in [-0.2, -0.15) is 26.3 Å². The topological polar surface area (TPSA) is 37.0 Å². The van der Waals surface area contributed by atoms with Gasteiger partial charge in [-0.15, -0.1) is 0 Å². The molecule has 9 heteroatoms. The first kappa shape index (κ1) is 26.0. The zero-order valence-corrected chi connectivity index (χ0v) is 18.9. The molecule has 0 radical (unpaired) electrons. The highest BCUT2D eigenvalue weighted by Crippen LogP contribution is 2.36. The number of fused-ring (bicyclic) bond motifs is 1. The van der Waals surface area contributed by atoms with Gasteiger partial charge in [0.15, 0.2) is 0 Å². The molecular formula is C25H27F6N3. The lowest BCUT2D eigenvalue weighted by atomic mass is 9.96. The van der Waals surface area contributed by atoms with Crippen LogP contribution in [0.2, 0.25) is 0 Å². The highest BCUT2D eigenvalue weighted by atomic mass is 19.4. The number of halogens is 6. The zero-order chi connectivity index (χ0) is 24.9. The zero-order valence-electron chi connectivity index (χ0n) is 18.9. The van der Waals surface area contributed by atoms with Gasteiger partial charge in [-0.3, -0.25) is 4.98 Å². The van der Waals surface area contributed by atoms with Crippen LogP contribution in [0.5, 0.6) is 0 Å². The van der Waals surface area contributed by atoms with E-state index in [-0.39, 0.29) is 30.6 Å². The van der Waals surface area contributed by atoms with E-state index in [0.29, 0.717) is 0 Å². The highest BCUT2D eigenvalue weighted by Gasteiger charge is 2.36. The maximum atomic E-state index is 13.1. The third-order valence-electron chi connectivity index (χ3n) is 5.60. The van der Waals surface area contributed by atoms with Crippen molar-refractivity contribution in [3.8, 4) is 0 Å². The van der Waals surface area contributed by atoms with E-state index in [0.717, 1.165) is 53.8 Å². The molecule has 2 aromatic carbocycles. The fourth-order valence-electron chi connectivity index (χ4n) is 3.84. The summed E-state index contributed by atoms with van der Waals surface area (Å²) >= 11 is 0. The average Bonchev–Trinajstić information content (AvgIpc) is 2.77. The minimum Gasteiger partial charge on any atom is -0.317 e. The van der Waals surface area contributed by atoms with Crippen LogP contribution in [0.1, 0.15) is 54.1 Å². The Hall–Kier alpha value is -2.65. The van der Waals surface area contributed by atoms with Gasteiger partial charge in [0.05, 0.1) is 16.6 Å². The van der Waals surface area contributed by atoms with Crippen LogP contribution in [-0.4, -0.2) is 18.1 Å². The lowest BCUT2D eigenvalue weighted by Crippen LogP contribution is -2.19. The van der Waals surface area contributed by atoms with E-state index in [1.54, 1.807) is 0 Å². The minimum absolute atomic E-state index is 0.0855. The number of alkyl halides is 6. The molecule has 1 unspecified atom stereocenters. The maximum Gasteiger partial charge on any atom is 0.416 e. The van der Waals surface area contributed by atoms with Gasteiger partial charge in [-0.1, -0.05) is 32.0 Å². The van der Waals surface area contributed by atoms with E-state index in [4.69, 9.17) is 4.98 Å². The number of hydrogen-bond acceptors (Lipinski definition) is 3. The van der Waals surface area contributed by atoms with E-state index < -0.39 is 23.5 Å². The number of pyridine rings is 1. The Labute approximate surface area is 194 Å². The predicted molar refractivity (Wildman–Crippen MR) is 120 cm³/mol. The van der Waals surface area contributed by atoms with Crippen molar-refractivity contribution in [2.75, 3.05) is 13.1 Å². The Morgan fingerprint density at radius 1 is 0.853 bits per heavy atom. The number of hydrogen-bond donors (Lipinski definition) is 2. The van der Waals surface area contributed by atoms with Crippen molar-refractivity contribution in [1.82, 2.24) is 15.6 Å². The Balaban J connectivity index is 1.84. The number of nitrogens with zero attached hydrogens (tertiary/aromatic N) is 1. The van der Waals surface area contributed by atoms with Crippen LogP contribution in [0.15, 0.2) is 48.5 Å². The molecular weight excluding hydrogens is 456 g/mol. The highest BCUT2D eigenvalue weighted by molar-refractivity contribution is 5.79. The first-order chi connectivity index (χ1) is 16.0. The first-order valence-corrected chi connectivity index (χ1v) is 11.1. The van der Waals surface area contributed by atoms with E-state index in [9.17, 15) is 26.3 Å². The Kier molecular flexibility index (Phi) is 8.20. The molecule has 1 heterocycles. The summed E-state index contributed by atoms with van der Waals surface area (Å²) in [5, 5.41) is 7.21. The Morgan fingerprint density at radius 2 is 1.50 bits per heavy atom. The van der Waals surface area contributed by atoms with Crippen LogP contribution in [0.4, 0.5) is 26.3 Å². The number of nitrogens with one attached hydrogen (secondary N) is 2. The second-order valence-electron chi connectivity index (χ2n) is 8.29. The van der Waals surface area contributed by atoms with Gasteiger partial charge in [0.2, 0.25) is 0 Å². The quantitative estimate of drug-likeness (QED) is 0.264. The fraction of sp³-hybridized carbons (Fsp3) is 0.400. The van der Waals surface area contributed by atoms with Crippen LogP contribution >= 0.6 is 0 Å². The lowest BCUT2D eigenvalue weighted by Gasteiger charge is -2.18. The summed E-state index contributed by atoms with van der Waals surface area (Å²) < 4.78 is 78.8. The van der Waals surface area contributed by atoms with Crippen LogP contribution in [0, 0.1) is 0 Å². The van der Waals surface area contributed by atoms with Gasteiger partial charge >= 0.3 is 12.4 Å². The minimum atomic E-state index is -4.87. The first-order valence-electron chi connectivity index (χ1n) is 11.1. The van der Waals surface area contributed by atoms with Crippen molar-refractivity contribution in [3.05, 3.63) is 76.5 Å². The summed E-state index contributed by atoms with van der Waals surface area (Å²) in [6.45, 7) is 5.85. The van der Waals surface area contributed by atoms with Gasteiger partial charge in [0.1, 0.15) is 0 Å². The van der Waals surface area contributed by atoms with E-state index in [2.05, 4.69) is 17.6 Å². The van der Waals surface area contributed by atoms with Crippen LogP contribution in [0.3, 0.4) is 0 Å². The standard InChI is InChI=1S/C25H27F6N3/c1-3-32-9-8-16(2)23-19(12-18-6-4-5-7-22(18)34-23)15-33-14-17-10-20(24(26,27)28)13-21(11-17)25(29,30)31/h4-7,10-13,16,32-33H,3,8-9,14-15H2,1-2H3. The summed E-state index contributed by atoms with van der Waals surface area (Å²) in [5.41, 5.74) is -0.148. The van der Waals surface area contributed by atoms with Crippen molar-refractivity contribution in [3.63, 3.8) is 0 Å². The number of rotatable bonds is 9. The SMILES string of the molecule is CCNCCC(C)c1nc2ccccc2cc1CNCc1cc(C(F)(F)F)cc(C(F)(F)F)c1. The molecule has 0 fully saturated rings. The molecule has 1 atom stereocenters. The molecule has 3 nitrogen and oxygen atoms in total. The number of para-hydroxylation sites is 1. The molecule has 3 aromatic rings. The molecule has 0 aliphatic heterocycles. The average molecular weight is 484 g/mol. The molecule has 34 heavy (non-hydrogen) atoms. The largest absolute Gasteiger partial charge is 0.416 e. The molecule has 0 saturated heterocycles. The van der Waals surface area contributed by atoms with Crippen LogP contribution in [-0.2, 0) is 25.4 Å². The number of benzene rings is 2.